The van der Waals surface area contributed by atoms with E-state index in [1.165, 1.54) is 12.8 Å². The van der Waals surface area contributed by atoms with Gasteiger partial charge in [0.2, 0.25) is 0 Å². The zero-order chi connectivity index (χ0) is 13.5. The average molecular weight is 325 g/mol. The van der Waals surface area contributed by atoms with Crippen molar-refractivity contribution in [1.82, 2.24) is 0 Å². The third-order valence-corrected chi connectivity index (χ3v) is 4.47. The van der Waals surface area contributed by atoms with Crippen molar-refractivity contribution < 1.29 is 14.6 Å². The number of carboxylic acid groups (broad SMARTS) is 1. The minimum atomic E-state index is -0.724. The number of aliphatic carboxylic acids is 1. The Morgan fingerprint density at radius 2 is 2.11 bits per heavy atom. The molecular weight excluding hydrogens is 308 g/mol. The van der Waals surface area contributed by atoms with Crippen LogP contribution in [-0.4, -0.2) is 17.7 Å². The first-order chi connectivity index (χ1) is 9.07. The van der Waals surface area contributed by atoms with Gasteiger partial charge in [0.05, 0.1) is 13.0 Å². The van der Waals surface area contributed by atoms with Crippen molar-refractivity contribution in [3.8, 4) is 5.75 Å². The molecule has 1 aromatic rings. The number of halogens is 1. The first-order valence-electron chi connectivity index (χ1n) is 6.73. The zero-order valence-electron chi connectivity index (χ0n) is 10.7. The van der Waals surface area contributed by atoms with Gasteiger partial charge in [0.25, 0.3) is 0 Å². The van der Waals surface area contributed by atoms with Crippen molar-refractivity contribution in [3.05, 3.63) is 28.2 Å². The van der Waals surface area contributed by atoms with Crippen LogP contribution in [0.2, 0.25) is 0 Å². The Labute approximate surface area is 121 Å². The van der Waals surface area contributed by atoms with Crippen molar-refractivity contribution in [1.29, 1.82) is 0 Å². The molecule has 0 saturated heterocycles. The molecule has 2 fully saturated rings. The van der Waals surface area contributed by atoms with E-state index in [4.69, 9.17) is 9.84 Å². The molecule has 0 spiro atoms. The third kappa shape index (κ3) is 3.11. The van der Waals surface area contributed by atoms with Crippen LogP contribution in [0.4, 0.5) is 0 Å². The standard InChI is InChI=1S/C15H17BrO3/c16-12-5-11(15(3-4-15)8-14(17)18)6-13(7-12)19-9-10-1-2-10/h5-7,10H,1-4,8-9H2,(H,17,18). The lowest BCUT2D eigenvalue weighted by molar-refractivity contribution is -0.137. The smallest absolute Gasteiger partial charge is 0.304 e. The van der Waals surface area contributed by atoms with Crippen LogP contribution in [0.5, 0.6) is 5.75 Å². The average Bonchev–Trinajstić information content (AvgIpc) is 3.21. The molecule has 4 heteroatoms. The highest BCUT2D eigenvalue weighted by Gasteiger charge is 2.46. The normalized spacial score (nSPS) is 20.1. The second kappa shape index (κ2) is 4.82. The highest BCUT2D eigenvalue weighted by molar-refractivity contribution is 9.10. The van der Waals surface area contributed by atoms with Gasteiger partial charge in [-0.1, -0.05) is 15.9 Å². The lowest BCUT2D eigenvalue weighted by Crippen LogP contribution is -2.13. The highest BCUT2D eigenvalue weighted by Crippen LogP contribution is 2.52. The number of hydrogen-bond acceptors (Lipinski definition) is 2. The lowest BCUT2D eigenvalue weighted by Gasteiger charge is -2.15. The molecule has 2 aliphatic carbocycles. The predicted molar refractivity (Wildman–Crippen MR) is 75.5 cm³/mol. The van der Waals surface area contributed by atoms with Crippen LogP contribution in [0, 0.1) is 5.92 Å². The number of carbonyl (C=O) groups is 1. The molecule has 3 nitrogen and oxygen atoms in total. The molecule has 2 saturated carbocycles. The Kier molecular flexibility index (Phi) is 3.29. The van der Waals surface area contributed by atoms with Gasteiger partial charge in [0.1, 0.15) is 5.75 Å². The van der Waals surface area contributed by atoms with E-state index in [2.05, 4.69) is 15.9 Å². The van der Waals surface area contributed by atoms with Crippen LogP contribution in [0.25, 0.3) is 0 Å². The SMILES string of the molecule is O=C(O)CC1(c2cc(Br)cc(OCC3CC3)c2)CC1. The Morgan fingerprint density at radius 3 is 2.68 bits per heavy atom. The molecule has 1 aromatic carbocycles. The van der Waals surface area contributed by atoms with Gasteiger partial charge in [0, 0.05) is 9.89 Å². The Bertz CT molecular complexity index is 504. The fourth-order valence-corrected chi connectivity index (χ4v) is 2.93. The molecule has 1 N–H and O–H groups in total. The summed E-state index contributed by atoms with van der Waals surface area (Å²) in [6.45, 7) is 0.780. The fourth-order valence-electron chi connectivity index (χ4n) is 2.46. The van der Waals surface area contributed by atoms with Crippen molar-refractivity contribution in [2.45, 2.75) is 37.5 Å². The highest BCUT2D eigenvalue weighted by atomic mass is 79.9. The quantitative estimate of drug-likeness (QED) is 0.866. The maximum atomic E-state index is 11.0. The Morgan fingerprint density at radius 1 is 1.37 bits per heavy atom. The van der Waals surface area contributed by atoms with Gasteiger partial charge >= 0.3 is 5.97 Å². The molecule has 0 atom stereocenters. The topological polar surface area (TPSA) is 46.5 Å². The predicted octanol–water partition coefficient (Wildman–Crippen LogP) is 3.74. The van der Waals surface area contributed by atoms with Gasteiger partial charge in [-0.2, -0.15) is 0 Å². The van der Waals surface area contributed by atoms with Gasteiger partial charge in [0.15, 0.2) is 0 Å². The van der Waals surface area contributed by atoms with Crippen molar-refractivity contribution >= 4 is 21.9 Å². The van der Waals surface area contributed by atoms with Crippen LogP contribution >= 0.6 is 15.9 Å². The molecule has 19 heavy (non-hydrogen) atoms. The summed E-state index contributed by atoms with van der Waals surface area (Å²) in [6.07, 6.45) is 4.66. The number of carboxylic acids is 1. The first kappa shape index (κ1) is 13.0. The molecule has 0 heterocycles. The maximum Gasteiger partial charge on any atom is 0.304 e. The third-order valence-electron chi connectivity index (χ3n) is 4.01. The number of rotatable bonds is 6. The van der Waals surface area contributed by atoms with E-state index < -0.39 is 5.97 Å². The first-order valence-corrected chi connectivity index (χ1v) is 7.52. The van der Waals surface area contributed by atoms with Crippen LogP contribution < -0.4 is 4.74 Å². The minimum absolute atomic E-state index is 0.159. The molecule has 0 radical (unpaired) electrons. The summed E-state index contributed by atoms with van der Waals surface area (Å²) in [7, 11) is 0. The maximum absolute atomic E-state index is 11.0. The molecular formula is C15H17BrO3. The Balaban J connectivity index is 1.78. The molecule has 2 aliphatic rings. The number of ether oxygens (including phenoxy) is 1. The molecule has 0 aromatic heterocycles. The zero-order valence-corrected chi connectivity index (χ0v) is 12.3. The number of benzene rings is 1. The van der Waals surface area contributed by atoms with Gasteiger partial charge in [-0.05, 0) is 55.4 Å². The summed E-state index contributed by atoms with van der Waals surface area (Å²) in [5.41, 5.74) is 0.933. The van der Waals surface area contributed by atoms with Crippen LogP contribution in [0.15, 0.2) is 22.7 Å². The van der Waals surface area contributed by atoms with Gasteiger partial charge in [-0.3, -0.25) is 4.79 Å². The largest absolute Gasteiger partial charge is 0.493 e. The summed E-state index contributed by atoms with van der Waals surface area (Å²) in [5, 5.41) is 9.03. The van der Waals surface area contributed by atoms with Crippen molar-refractivity contribution in [3.63, 3.8) is 0 Å². The van der Waals surface area contributed by atoms with E-state index in [9.17, 15) is 4.79 Å². The van der Waals surface area contributed by atoms with Crippen LogP contribution in [0.1, 0.15) is 37.7 Å². The molecule has 0 aliphatic heterocycles. The van der Waals surface area contributed by atoms with E-state index in [-0.39, 0.29) is 11.8 Å². The van der Waals surface area contributed by atoms with Crippen molar-refractivity contribution in [2.24, 2.45) is 5.92 Å². The summed E-state index contributed by atoms with van der Waals surface area (Å²) in [5.74, 6) is 0.849. The summed E-state index contributed by atoms with van der Waals surface area (Å²) in [6, 6.07) is 6.01. The monoisotopic (exact) mass is 324 g/mol. The number of hydrogen-bond donors (Lipinski definition) is 1. The van der Waals surface area contributed by atoms with E-state index in [1.54, 1.807) is 0 Å². The summed E-state index contributed by atoms with van der Waals surface area (Å²) in [4.78, 5) is 11.0. The fraction of sp³-hybridized carbons (Fsp3) is 0.533. The molecule has 3 rings (SSSR count). The van der Waals surface area contributed by atoms with Crippen molar-refractivity contribution in [2.75, 3.05) is 6.61 Å². The summed E-state index contributed by atoms with van der Waals surface area (Å²) >= 11 is 3.49. The molecule has 0 bridgehead atoms. The molecule has 0 amide bonds. The summed E-state index contributed by atoms with van der Waals surface area (Å²) < 4.78 is 6.77. The second-order valence-electron chi connectivity index (χ2n) is 5.78. The second-order valence-corrected chi connectivity index (χ2v) is 6.70. The molecule has 102 valence electrons. The Hall–Kier alpha value is -1.03. The lowest BCUT2D eigenvalue weighted by atomic mass is 9.92. The van der Waals surface area contributed by atoms with Crippen LogP contribution in [-0.2, 0) is 10.2 Å². The molecule has 0 unspecified atom stereocenters. The van der Waals surface area contributed by atoms with Crippen LogP contribution in [0.3, 0.4) is 0 Å². The van der Waals surface area contributed by atoms with Gasteiger partial charge < -0.3 is 9.84 Å². The minimum Gasteiger partial charge on any atom is -0.493 e. The van der Waals surface area contributed by atoms with E-state index in [0.717, 1.165) is 41.2 Å². The van der Waals surface area contributed by atoms with E-state index in [0.29, 0.717) is 0 Å². The van der Waals surface area contributed by atoms with Gasteiger partial charge in [-0.25, -0.2) is 0 Å². The van der Waals surface area contributed by atoms with E-state index >= 15 is 0 Å². The van der Waals surface area contributed by atoms with E-state index in [1.807, 2.05) is 18.2 Å². The van der Waals surface area contributed by atoms with Gasteiger partial charge in [-0.15, -0.1) is 0 Å².